The van der Waals surface area contributed by atoms with E-state index in [2.05, 4.69) is 43.4 Å². The van der Waals surface area contributed by atoms with Gasteiger partial charge in [0.2, 0.25) is 0 Å². The van der Waals surface area contributed by atoms with E-state index in [1.807, 2.05) is 6.92 Å². The summed E-state index contributed by atoms with van der Waals surface area (Å²) in [6.07, 6.45) is 4.16. The van der Waals surface area contributed by atoms with Gasteiger partial charge in [-0.15, -0.1) is 0 Å². The second kappa shape index (κ2) is 7.55. The fraction of sp³-hybridized carbons (Fsp3) is 0.625. The highest BCUT2D eigenvalue weighted by Gasteiger charge is 2.21. The van der Waals surface area contributed by atoms with E-state index in [-0.39, 0.29) is 0 Å². The lowest BCUT2D eigenvalue weighted by molar-refractivity contribution is 0.0480. The maximum absolute atomic E-state index is 10.5. The highest BCUT2D eigenvalue weighted by Crippen LogP contribution is 2.24. The van der Waals surface area contributed by atoms with E-state index in [4.69, 9.17) is 0 Å². The highest BCUT2D eigenvalue weighted by molar-refractivity contribution is 5.26. The summed E-state index contributed by atoms with van der Waals surface area (Å²) in [5, 5.41) is 13.8. The zero-order valence-corrected chi connectivity index (χ0v) is 12.0. The topological polar surface area (TPSA) is 32.3 Å². The van der Waals surface area contributed by atoms with Crippen LogP contribution >= 0.6 is 0 Å². The van der Waals surface area contributed by atoms with Gasteiger partial charge in [0.25, 0.3) is 0 Å². The molecule has 0 amide bonds. The number of rotatable bonds is 8. The molecular weight excluding hydrogens is 222 g/mol. The molecule has 2 nitrogen and oxygen atoms in total. The first kappa shape index (κ1) is 15.2. The maximum Gasteiger partial charge on any atom is 0.0880 e. The van der Waals surface area contributed by atoms with Gasteiger partial charge in [-0.3, -0.25) is 0 Å². The van der Waals surface area contributed by atoms with Crippen LogP contribution in [0.25, 0.3) is 0 Å². The van der Waals surface area contributed by atoms with E-state index < -0.39 is 5.60 Å². The molecular formula is C16H27NO. The van der Waals surface area contributed by atoms with Crippen LogP contribution < -0.4 is 5.32 Å². The third-order valence-corrected chi connectivity index (χ3v) is 3.33. The monoisotopic (exact) mass is 249 g/mol. The normalized spacial score (nSPS) is 14.4. The van der Waals surface area contributed by atoms with Crippen molar-refractivity contribution >= 4 is 0 Å². The quantitative estimate of drug-likeness (QED) is 0.693. The molecule has 0 radical (unpaired) electrons. The Morgan fingerprint density at radius 2 is 1.72 bits per heavy atom. The lowest BCUT2D eigenvalue weighted by atomic mass is 9.91. The number of benzene rings is 1. The molecule has 1 unspecified atom stereocenters. The van der Waals surface area contributed by atoms with E-state index in [1.165, 1.54) is 5.56 Å². The van der Waals surface area contributed by atoms with Gasteiger partial charge in [0, 0.05) is 0 Å². The number of aliphatic hydroxyl groups is 1. The summed E-state index contributed by atoms with van der Waals surface area (Å²) >= 11 is 0. The Morgan fingerprint density at radius 1 is 1.06 bits per heavy atom. The van der Waals surface area contributed by atoms with Crippen LogP contribution in [-0.2, 0) is 12.0 Å². The van der Waals surface area contributed by atoms with Crippen molar-refractivity contribution in [1.82, 2.24) is 5.32 Å². The Kier molecular flexibility index (Phi) is 6.37. The summed E-state index contributed by atoms with van der Waals surface area (Å²) in [5.41, 5.74) is 1.63. The van der Waals surface area contributed by atoms with Crippen LogP contribution in [0.2, 0.25) is 0 Å². The van der Waals surface area contributed by atoms with Gasteiger partial charge in [-0.05, 0) is 50.4 Å². The largest absolute Gasteiger partial charge is 0.385 e. The van der Waals surface area contributed by atoms with Gasteiger partial charge >= 0.3 is 0 Å². The van der Waals surface area contributed by atoms with Crippen molar-refractivity contribution in [2.75, 3.05) is 13.1 Å². The summed E-state index contributed by atoms with van der Waals surface area (Å²) < 4.78 is 0. The Balaban J connectivity index is 2.54. The summed E-state index contributed by atoms with van der Waals surface area (Å²) in [7, 11) is 0. The average Bonchev–Trinajstić information content (AvgIpc) is 2.36. The third kappa shape index (κ3) is 4.79. The Labute approximate surface area is 111 Å². The molecule has 1 atom stereocenters. The van der Waals surface area contributed by atoms with Crippen molar-refractivity contribution in [3.8, 4) is 0 Å². The van der Waals surface area contributed by atoms with Gasteiger partial charge in [-0.1, -0.05) is 44.5 Å². The number of aryl methyl sites for hydroxylation is 1. The minimum absolute atomic E-state index is 0.731. The van der Waals surface area contributed by atoms with Crippen LogP contribution in [-0.4, -0.2) is 18.2 Å². The van der Waals surface area contributed by atoms with Gasteiger partial charge in [0.05, 0.1) is 5.60 Å². The van der Waals surface area contributed by atoms with Crippen molar-refractivity contribution < 1.29 is 5.11 Å². The van der Waals surface area contributed by atoms with E-state index in [0.29, 0.717) is 0 Å². The van der Waals surface area contributed by atoms with E-state index in [9.17, 15) is 5.11 Å². The van der Waals surface area contributed by atoms with Crippen LogP contribution in [0, 0.1) is 0 Å². The molecule has 0 spiro atoms. The van der Waals surface area contributed by atoms with Gasteiger partial charge in [0.1, 0.15) is 0 Å². The molecule has 0 aromatic heterocycles. The molecule has 102 valence electrons. The first-order valence-electron chi connectivity index (χ1n) is 7.12. The molecule has 0 aliphatic carbocycles. The minimum atomic E-state index is -0.731. The van der Waals surface area contributed by atoms with E-state index in [1.54, 1.807) is 0 Å². The molecule has 1 aromatic rings. The summed E-state index contributed by atoms with van der Waals surface area (Å²) in [6, 6.07) is 8.38. The molecule has 0 aliphatic heterocycles. The summed E-state index contributed by atoms with van der Waals surface area (Å²) in [5.74, 6) is 0. The molecule has 2 N–H and O–H groups in total. The van der Waals surface area contributed by atoms with Gasteiger partial charge in [-0.25, -0.2) is 0 Å². The molecule has 1 aromatic carbocycles. The zero-order valence-electron chi connectivity index (χ0n) is 12.0. The third-order valence-electron chi connectivity index (χ3n) is 3.33. The molecule has 18 heavy (non-hydrogen) atoms. The highest BCUT2D eigenvalue weighted by atomic mass is 16.3. The molecule has 0 saturated heterocycles. The van der Waals surface area contributed by atoms with Crippen LogP contribution in [0.4, 0.5) is 0 Å². The molecule has 2 heteroatoms. The molecule has 0 aliphatic rings. The number of nitrogens with one attached hydrogen (secondary N) is 1. The van der Waals surface area contributed by atoms with Crippen molar-refractivity contribution in [3.05, 3.63) is 35.4 Å². The second-order valence-corrected chi connectivity index (χ2v) is 5.22. The van der Waals surface area contributed by atoms with Crippen molar-refractivity contribution in [2.24, 2.45) is 0 Å². The first-order chi connectivity index (χ1) is 8.60. The minimum Gasteiger partial charge on any atom is -0.385 e. The van der Waals surface area contributed by atoms with E-state index in [0.717, 1.165) is 44.3 Å². The Bertz CT molecular complexity index is 329. The standard InChI is InChI=1S/C16H27NO/c1-4-6-14-7-9-15(10-8-14)16(3,18)11-13-17-12-5-2/h7-10,17-18H,4-6,11-13H2,1-3H3. The smallest absolute Gasteiger partial charge is 0.0880 e. The van der Waals surface area contributed by atoms with Crippen molar-refractivity contribution in [2.45, 2.75) is 52.1 Å². The molecule has 0 saturated carbocycles. The second-order valence-electron chi connectivity index (χ2n) is 5.22. The lowest BCUT2D eigenvalue weighted by Gasteiger charge is -2.24. The maximum atomic E-state index is 10.5. The Morgan fingerprint density at radius 3 is 2.28 bits per heavy atom. The molecule has 1 rings (SSSR count). The summed E-state index contributed by atoms with van der Waals surface area (Å²) in [6.45, 7) is 8.11. The van der Waals surface area contributed by atoms with Gasteiger partial charge < -0.3 is 10.4 Å². The summed E-state index contributed by atoms with van der Waals surface area (Å²) in [4.78, 5) is 0. The van der Waals surface area contributed by atoms with Crippen LogP contribution in [0.3, 0.4) is 0 Å². The molecule has 0 bridgehead atoms. The lowest BCUT2D eigenvalue weighted by Crippen LogP contribution is -2.28. The Hall–Kier alpha value is -0.860. The van der Waals surface area contributed by atoms with E-state index >= 15 is 0 Å². The number of hydrogen-bond donors (Lipinski definition) is 2. The van der Waals surface area contributed by atoms with Crippen molar-refractivity contribution in [1.29, 1.82) is 0 Å². The fourth-order valence-corrected chi connectivity index (χ4v) is 2.10. The van der Waals surface area contributed by atoms with Crippen LogP contribution in [0.15, 0.2) is 24.3 Å². The SMILES string of the molecule is CCCNCCC(C)(O)c1ccc(CCC)cc1. The average molecular weight is 249 g/mol. The predicted molar refractivity (Wildman–Crippen MR) is 77.8 cm³/mol. The fourth-order valence-electron chi connectivity index (χ4n) is 2.10. The van der Waals surface area contributed by atoms with Crippen LogP contribution in [0.1, 0.15) is 51.2 Å². The van der Waals surface area contributed by atoms with Gasteiger partial charge in [-0.2, -0.15) is 0 Å². The molecule has 0 heterocycles. The number of hydrogen-bond acceptors (Lipinski definition) is 2. The van der Waals surface area contributed by atoms with Crippen molar-refractivity contribution in [3.63, 3.8) is 0 Å². The molecule has 0 fully saturated rings. The van der Waals surface area contributed by atoms with Gasteiger partial charge in [0.15, 0.2) is 0 Å². The zero-order chi connectivity index (χ0) is 13.4. The first-order valence-corrected chi connectivity index (χ1v) is 7.12. The predicted octanol–water partition coefficient (Wildman–Crippen LogP) is 3.24. The van der Waals surface area contributed by atoms with Crippen LogP contribution in [0.5, 0.6) is 0 Å².